The van der Waals surface area contributed by atoms with E-state index in [0.717, 1.165) is 30.8 Å². The van der Waals surface area contributed by atoms with Crippen molar-refractivity contribution in [2.24, 2.45) is 0 Å². The maximum absolute atomic E-state index is 11.4. The largest absolute Gasteiger partial charge is 0.382 e. The molecule has 0 heterocycles. The zero-order valence-corrected chi connectivity index (χ0v) is 13.2. The summed E-state index contributed by atoms with van der Waals surface area (Å²) in [5.74, 6) is 0. The lowest BCUT2D eigenvalue weighted by atomic mass is 10.1. The fourth-order valence-corrected chi connectivity index (χ4v) is 2.56. The highest BCUT2D eigenvalue weighted by Crippen LogP contribution is 2.13. The molecule has 0 saturated heterocycles. The van der Waals surface area contributed by atoms with Crippen molar-refractivity contribution in [1.82, 2.24) is 4.90 Å². The second kappa shape index (κ2) is 8.43. The quantitative estimate of drug-likeness (QED) is 0.527. The molecular weight excluding hydrogens is 256 g/mol. The Morgan fingerprint density at radius 2 is 1.74 bits per heavy atom. The molecule has 0 fully saturated rings. The minimum absolute atomic E-state index is 0.0195. The van der Waals surface area contributed by atoms with Gasteiger partial charge in [0.1, 0.15) is 0 Å². The fraction of sp³-hybridized carbons (Fsp3) is 0.733. The topological polar surface area (TPSA) is 32.3 Å². The Morgan fingerprint density at radius 1 is 1.11 bits per heavy atom. The molecule has 1 aromatic carbocycles. The number of rotatable bonds is 10. The summed E-state index contributed by atoms with van der Waals surface area (Å²) in [6.45, 7) is 10.8. The van der Waals surface area contributed by atoms with Gasteiger partial charge in [-0.2, -0.15) is 0 Å². The summed E-state index contributed by atoms with van der Waals surface area (Å²) >= 11 is 4.95. The van der Waals surface area contributed by atoms with Crippen LogP contribution in [0.15, 0.2) is 4.79 Å². The van der Waals surface area contributed by atoms with E-state index in [4.69, 9.17) is 12.2 Å². The van der Waals surface area contributed by atoms with Crippen LogP contribution in [0.5, 0.6) is 0 Å². The molecule has 0 aliphatic carbocycles. The molecule has 0 aliphatic heterocycles. The van der Waals surface area contributed by atoms with Crippen LogP contribution >= 0.6 is 12.2 Å². The molecule has 108 valence electrons. The zero-order chi connectivity index (χ0) is 14.3. The van der Waals surface area contributed by atoms with E-state index in [0.29, 0.717) is 4.51 Å². The third kappa shape index (κ3) is 4.69. The molecule has 0 saturated carbocycles. The van der Waals surface area contributed by atoms with Gasteiger partial charge in [0, 0.05) is 6.54 Å². The lowest BCUT2D eigenvalue weighted by Gasteiger charge is -2.20. The molecule has 0 aliphatic rings. The van der Waals surface area contributed by atoms with Gasteiger partial charge in [0.05, 0.1) is 10.2 Å². The predicted molar refractivity (Wildman–Crippen MR) is 85.4 cm³/mol. The summed E-state index contributed by atoms with van der Waals surface area (Å²) in [5, 5.41) is 3.21. The Morgan fingerprint density at radius 3 is 2.26 bits per heavy atom. The van der Waals surface area contributed by atoms with E-state index in [9.17, 15) is 4.79 Å². The van der Waals surface area contributed by atoms with Crippen molar-refractivity contribution in [2.75, 3.05) is 31.5 Å². The summed E-state index contributed by atoms with van der Waals surface area (Å²) < 4.78 is 0.500. The molecule has 0 unspecified atom stereocenters. The lowest BCUT2D eigenvalue weighted by Crippen LogP contribution is -2.27. The Balaban J connectivity index is 2.17. The van der Waals surface area contributed by atoms with E-state index in [2.05, 4.69) is 24.1 Å². The van der Waals surface area contributed by atoms with Crippen molar-refractivity contribution in [3.05, 3.63) is 20.3 Å². The van der Waals surface area contributed by atoms with Gasteiger partial charge in [0.2, 0.25) is 5.43 Å². The molecular formula is C15H26N2OS. The average molecular weight is 282 g/mol. The van der Waals surface area contributed by atoms with Crippen LogP contribution in [0.25, 0.3) is 0 Å². The zero-order valence-electron chi connectivity index (χ0n) is 12.4. The van der Waals surface area contributed by atoms with E-state index in [1.807, 2.05) is 6.92 Å². The second-order valence-corrected chi connectivity index (χ2v) is 5.54. The summed E-state index contributed by atoms with van der Waals surface area (Å²) in [7, 11) is 0. The third-order valence-corrected chi connectivity index (χ3v) is 3.92. The molecule has 4 heteroatoms. The van der Waals surface area contributed by atoms with Crippen LogP contribution in [-0.2, 0) is 0 Å². The highest BCUT2D eigenvalue weighted by atomic mass is 32.1. The molecule has 0 spiro atoms. The maximum atomic E-state index is 11.4. The number of nitrogens with one attached hydrogen (secondary N) is 1. The third-order valence-electron chi connectivity index (χ3n) is 3.43. The van der Waals surface area contributed by atoms with Gasteiger partial charge in [0.15, 0.2) is 0 Å². The number of unbranched alkanes of at least 4 members (excludes halogenated alkanes) is 1. The normalized spacial score (nSPS) is 11.4. The van der Waals surface area contributed by atoms with Crippen LogP contribution in [0.2, 0.25) is 0 Å². The van der Waals surface area contributed by atoms with Crippen LogP contribution < -0.4 is 10.7 Å². The molecule has 0 amide bonds. The molecule has 1 aromatic rings. The maximum Gasteiger partial charge on any atom is 0.220 e. The van der Waals surface area contributed by atoms with Gasteiger partial charge < -0.3 is 10.2 Å². The Labute approximate surface area is 121 Å². The van der Waals surface area contributed by atoms with Gasteiger partial charge in [-0.15, -0.1) is 0 Å². The van der Waals surface area contributed by atoms with Gasteiger partial charge in [-0.1, -0.05) is 26.1 Å². The molecule has 0 aromatic heterocycles. The van der Waals surface area contributed by atoms with Crippen LogP contribution in [-0.4, -0.2) is 31.1 Å². The van der Waals surface area contributed by atoms with Crippen LogP contribution in [0, 0.1) is 11.4 Å². The molecule has 0 bridgehead atoms. The second-order valence-electron chi connectivity index (χ2n) is 5.13. The summed E-state index contributed by atoms with van der Waals surface area (Å²) in [5.41, 5.74) is 1.72. The van der Waals surface area contributed by atoms with E-state index in [-0.39, 0.29) is 5.43 Å². The van der Waals surface area contributed by atoms with Crippen LogP contribution in [0.1, 0.15) is 45.1 Å². The van der Waals surface area contributed by atoms with E-state index < -0.39 is 0 Å². The first-order valence-electron chi connectivity index (χ1n) is 7.37. The minimum Gasteiger partial charge on any atom is -0.382 e. The lowest BCUT2D eigenvalue weighted by molar-refractivity contribution is 0.270. The number of anilines is 1. The van der Waals surface area contributed by atoms with E-state index >= 15 is 0 Å². The highest BCUT2D eigenvalue weighted by molar-refractivity contribution is 7.71. The Bertz CT molecular complexity index is 443. The van der Waals surface area contributed by atoms with Crippen molar-refractivity contribution in [2.45, 2.75) is 46.5 Å². The first kappa shape index (κ1) is 16.3. The number of hydrogen-bond donors (Lipinski definition) is 1. The SMILES string of the molecule is CCCN(CCC)CCCCNc1c(C)c(=S)c1=O. The minimum atomic E-state index is 0.0195. The van der Waals surface area contributed by atoms with E-state index in [1.54, 1.807) is 0 Å². The van der Waals surface area contributed by atoms with Gasteiger partial charge >= 0.3 is 0 Å². The van der Waals surface area contributed by atoms with Crippen molar-refractivity contribution >= 4 is 17.9 Å². The van der Waals surface area contributed by atoms with E-state index in [1.165, 1.54) is 32.4 Å². The van der Waals surface area contributed by atoms with Crippen LogP contribution in [0.4, 0.5) is 5.69 Å². The standard InChI is InChI=1S/C15H26N2OS/c1-4-9-17(10-5-2)11-7-6-8-16-13-12(3)15(19)14(13)18/h16H,4-11H2,1-3H3. The van der Waals surface area contributed by atoms with Crippen molar-refractivity contribution < 1.29 is 0 Å². The average Bonchev–Trinajstić information content (AvgIpc) is 2.42. The molecule has 3 nitrogen and oxygen atoms in total. The Hall–Kier alpha value is -0.740. The molecule has 19 heavy (non-hydrogen) atoms. The monoisotopic (exact) mass is 282 g/mol. The number of nitrogens with zero attached hydrogens (tertiary/aromatic N) is 1. The summed E-state index contributed by atoms with van der Waals surface area (Å²) in [6.07, 6.45) is 4.71. The van der Waals surface area contributed by atoms with Crippen molar-refractivity contribution in [3.63, 3.8) is 0 Å². The van der Waals surface area contributed by atoms with Crippen molar-refractivity contribution in [1.29, 1.82) is 0 Å². The molecule has 1 rings (SSSR count). The molecule has 0 atom stereocenters. The molecule has 0 radical (unpaired) electrons. The molecule has 1 N–H and O–H groups in total. The van der Waals surface area contributed by atoms with Gasteiger partial charge in [0.25, 0.3) is 0 Å². The van der Waals surface area contributed by atoms with Gasteiger partial charge in [-0.05, 0) is 57.8 Å². The number of hydrogen-bond acceptors (Lipinski definition) is 4. The predicted octanol–water partition coefficient (Wildman–Crippen LogP) is 3.27. The summed E-state index contributed by atoms with van der Waals surface area (Å²) in [6, 6.07) is 0. The first-order chi connectivity index (χ1) is 9.11. The summed E-state index contributed by atoms with van der Waals surface area (Å²) in [4.78, 5) is 14.0. The van der Waals surface area contributed by atoms with Gasteiger partial charge in [-0.3, -0.25) is 4.79 Å². The Kier molecular flexibility index (Phi) is 7.24. The highest BCUT2D eigenvalue weighted by Gasteiger charge is 2.12. The van der Waals surface area contributed by atoms with Crippen LogP contribution in [0.3, 0.4) is 0 Å². The van der Waals surface area contributed by atoms with Crippen molar-refractivity contribution in [3.8, 4) is 0 Å². The fourth-order valence-electron chi connectivity index (χ4n) is 2.36. The van der Waals surface area contributed by atoms with Gasteiger partial charge in [-0.25, -0.2) is 0 Å². The smallest absolute Gasteiger partial charge is 0.220 e. The first-order valence-corrected chi connectivity index (χ1v) is 7.78.